The van der Waals surface area contributed by atoms with Crippen LogP contribution in [-0.2, 0) is 29.0 Å². The van der Waals surface area contributed by atoms with E-state index in [1.165, 1.54) is 17.7 Å². The number of rotatable bonds is 5. The fourth-order valence-corrected chi connectivity index (χ4v) is 5.64. The van der Waals surface area contributed by atoms with Crippen LogP contribution in [0.2, 0.25) is 0 Å². The SMILES string of the molecule is O=C1[C@@H]2Cc3c([nH]c4ccccc34)[C@@H](CCc3ccccc3)N2C(=O)CN1Cc1ccc(F)cc1. The average molecular weight is 468 g/mol. The summed E-state index contributed by atoms with van der Waals surface area (Å²) >= 11 is 0. The summed E-state index contributed by atoms with van der Waals surface area (Å²) in [5, 5.41) is 1.11. The zero-order chi connectivity index (χ0) is 23.9. The lowest BCUT2D eigenvalue weighted by Crippen LogP contribution is -2.62. The van der Waals surface area contributed by atoms with Gasteiger partial charge in [-0.2, -0.15) is 0 Å². The molecule has 1 fully saturated rings. The highest BCUT2D eigenvalue weighted by Crippen LogP contribution is 2.41. The van der Waals surface area contributed by atoms with Crippen molar-refractivity contribution in [3.8, 4) is 0 Å². The number of carbonyl (C=O) groups excluding carboxylic acids is 2. The number of aromatic nitrogens is 1. The van der Waals surface area contributed by atoms with Crippen LogP contribution in [0.25, 0.3) is 10.9 Å². The zero-order valence-corrected chi connectivity index (χ0v) is 19.3. The van der Waals surface area contributed by atoms with E-state index in [2.05, 4.69) is 23.2 Å². The van der Waals surface area contributed by atoms with Crippen LogP contribution < -0.4 is 0 Å². The Labute approximate surface area is 203 Å². The van der Waals surface area contributed by atoms with Crippen molar-refractivity contribution in [2.45, 2.75) is 37.9 Å². The Kier molecular flexibility index (Phi) is 5.36. The van der Waals surface area contributed by atoms with Gasteiger partial charge < -0.3 is 14.8 Å². The van der Waals surface area contributed by atoms with E-state index in [1.807, 2.05) is 41.3 Å². The van der Waals surface area contributed by atoms with Crippen molar-refractivity contribution < 1.29 is 14.0 Å². The lowest BCUT2D eigenvalue weighted by Gasteiger charge is -2.47. The lowest BCUT2D eigenvalue weighted by atomic mass is 9.86. The third-order valence-electron chi connectivity index (χ3n) is 7.30. The van der Waals surface area contributed by atoms with Crippen LogP contribution in [0, 0.1) is 5.82 Å². The Balaban J connectivity index is 1.35. The molecule has 4 aromatic rings. The smallest absolute Gasteiger partial charge is 0.246 e. The predicted octanol–water partition coefficient (Wildman–Crippen LogP) is 4.78. The third-order valence-corrected chi connectivity index (χ3v) is 7.30. The standard InChI is InChI=1S/C29H26FN3O2/c30-21-13-10-20(11-14-21)17-32-18-27(34)33-25(15-12-19-6-2-1-3-7-19)28-23(16-26(33)29(32)35)22-8-4-5-9-24(22)31-28/h1-11,13-14,25-26,31H,12,15-18H2/t25-,26+/m1/s1. The number of aromatic amines is 1. The van der Waals surface area contributed by atoms with Crippen molar-refractivity contribution >= 4 is 22.7 Å². The maximum atomic E-state index is 13.7. The van der Waals surface area contributed by atoms with E-state index in [9.17, 15) is 14.0 Å². The number of H-pyrrole nitrogens is 1. The maximum Gasteiger partial charge on any atom is 0.246 e. The van der Waals surface area contributed by atoms with Gasteiger partial charge in [0, 0.05) is 29.6 Å². The first kappa shape index (κ1) is 21.6. The number of aryl methyl sites for hydroxylation is 1. The largest absolute Gasteiger partial charge is 0.356 e. The molecule has 0 saturated carbocycles. The molecule has 3 aromatic carbocycles. The van der Waals surface area contributed by atoms with E-state index in [-0.39, 0.29) is 30.2 Å². The molecule has 35 heavy (non-hydrogen) atoms. The molecule has 2 amide bonds. The minimum atomic E-state index is -0.538. The second-order valence-electron chi connectivity index (χ2n) is 9.44. The van der Waals surface area contributed by atoms with Gasteiger partial charge in [0.05, 0.1) is 6.04 Å². The van der Waals surface area contributed by atoms with Crippen LogP contribution in [0.5, 0.6) is 0 Å². The van der Waals surface area contributed by atoms with Crippen LogP contribution in [0.4, 0.5) is 4.39 Å². The summed E-state index contributed by atoms with van der Waals surface area (Å²) in [7, 11) is 0. The fraction of sp³-hybridized carbons (Fsp3) is 0.241. The molecular weight excluding hydrogens is 441 g/mol. The first-order valence-corrected chi connectivity index (χ1v) is 12.1. The molecule has 2 atom stereocenters. The molecule has 1 saturated heterocycles. The van der Waals surface area contributed by atoms with Crippen LogP contribution in [0.3, 0.4) is 0 Å². The summed E-state index contributed by atoms with van der Waals surface area (Å²) in [5.74, 6) is -0.407. The number of piperazine rings is 1. The second-order valence-corrected chi connectivity index (χ2v) is 9.44. The van der Waals surface area contributed by atoms with Gasteiger partial charge in [-0.05, 0) is 47.7 Å². The van der Waals surface area contributed by atoms with Gasteiger partial charge >= 0.3 is 0 Å². The number of nitrogens with zero attached hydrogens (tertiary/aromatic N) is 2. The van der Waals surface area contributed by atoms with Gasteiger partial charge in [-0.3, -0.25) is 9.59 Å². The number of benzene rings is 3. The molecule has 176 valence electrons. The van der Waals surface area contributed by atoms with Crippen molar-refractivity contribution in [2.24, 2.45) is 0 Å². The highest BCUT2D eigenvalue weighted by Gasteiger charge is 2.47. The normalized spacial score (nSPS) is 19.7. The van der Waals surface area contributed by atoms with Crippen molar-refractivity contribution in [1.82, 2.24) is 14.8 Å². The summed E-state index contributed by atoms with van der Waals surface area (Å²) in [6.07, 6.45) is 2.04. The van der Waals surface area contributed by atoms with Crippen molar-refractivity contribution in [2.75, 3.05) is 6.54 Å². The molecule has 0 aliphatic carbocycles. The Morgan fingerprint density at radius 1 is 0.886 bits per heavy atom. The summed E-state index contributed by atoms with van der Waals surface area (Å²) in [6.45, 7) is 0.328. The molecule has 2 aliphatic heterocycles. The topological polar surface area (TPSA) is 56.4 Å². The Hall–Kier alpha value is -3.93. The average Bonchev–Trinajstić information content (AvgIpc) is 3.25. The molecule has 6 rings (SSSR count). The first-order chi connectivity index (χ1) is 17.1. The van der Waals surface area contributed by atoms with Gasteiger partial charge in [0.2, 0.25) is 11.8 Å². The lowest BCUT2D eigenvalue weighted by molar-refractivity contribution is -0.160. The van der Waals surface area contributed by atoms with Gasteiger partial charge in [0.1, 0.15) is 18.4 Å². The zero-order valence-electron chi connectivity index (χ0n) is 19.3. The summed E-state index contributed by atoms with van der Waals surface area (Å²) < 4.78 is 13.4. The predicted molar refractivity (Wildman–Crippen MR) is 132 cm³/mol. The van der Waals surface area contributed by atoms with Crippen molar-refractivity contribution in [3.05, 3.63) is 107 Å². The molecule has 1 N–H and O–H groups in total. The molecule has 0 unspecified atom stereocenters. The van der Waals surface area contributed by atoms with Gasteiger partial charge in [-0.15, -0.1) is 0 Å². The van der Waals surface area contributed by atoms with E-state index in [4.69, 9.17) is 0 Å². The van der Waals surface area contributed by atoms with Gasteiger partial charge in [-0.1, -0.05) is 60.7 Å². The molecule has 2 aliphatic rings. The number of nitrogens with one attached hydrogen (secondary N) is 1. The van der Waals surface area contributed by atoms with E-state index in [0.717, 1.165) is 40.6 Å². The number of carbonyl (C=O) groups is 2. The Bertz CT molecular complexity index is 1400. The molecule has 6 heteroatoms. The van der Waals surface area contributed by atoms with Crippen LogP contribution in [-0.4, -0.2) is 39.2 Å². The summed E-state index contributed by atoms with van der Waals surface area (Å²) in [6, 6.07) is 23.8. The number of halogens is 1. The molecule has 0 bridgehead atoms. The molecule has 0 spiro atoms. The molecular formula is C29H26FN3O2. The van der Waals surface area contributed by atoms with E-state index < -0.39 is 6.04 Å². The van der Waals surface area contributed by atoms with Gasteiger partial charge in [0.25, 0.3) is 0 Å². The molecule has 3 heterocycles. The monoisotopic (exact) mass is 467 g/mol. The Morgan fingerprint density at radius 2 is 1.63 bits per heavy atom. The van der Waals surface area contributed by atoms with Crippen LogP contribution in [0.15, 0.2) is 78.9 Å². The van der Waals surface area contributed by atoms with E-state index in [0.29, 0.717) is 13.0 Å². The minimum Gasteiger partial charge on any atom is -0.356 e. The highest BCUT2D eigenvalue weighted by molar-refractivity contribution is 5.97. The number of para-hydroxylation sites is 1. The van der Waals surface area contributed by atoms with Crippen LogP contribution in [0.1, 0.15) is 34.8 Å². The molecule has 5 nitrogen and oxygen atoms in total. The highest BCUT2D eigenvalue weighted by atomic mass is 19.1. The maximum absolute atomic E-state index is 13.7. The quantitative estimate of drug-likeness (QED) is 0.459. The fourth-order valence-electron chi connectivity index (χ4n) is 5.64. The van der Waals surface area contributed by atoms with E-state index in [1.54, 1.807) is 17.0 Å². The molecule has 1 aromatic heterocycles. The summed E-state index contributed by atoms with van der Waals surface area (Å²) in [5.41, 5.74) is 5.23. The van der Waals surface area contributed by atoms with Gasteiger partial charge in [0.15, 0.2) is 0 Å². The van der Waals surface area contributed by atoms with Crippen LogP contribution >= 0.6 is 0 Å². The first-order valence-electron chi connectivity index (χ1n) is 12.1. The van der Waals surface area contributed by atoms with Crippen molar-refractivity contribution in [1.29, 1.82) is 0 Å². The third kappa shape index (κ3) is 3.89. The number of fused-ring (bicyclic) bond motifs is 4. The van der Waals surface area contributed by atoms with Crippen molar-refractivity contribution in [3.63, 3.8) is 0 Å². The van der Waals surface area contributed by atoms with Gasteiger partial charge in [-0.25, -0.2) is 4.39 Å². The Morgan fingerprint density at radius 3 is 2.43 bits per heavy atom. The summed E-state index contributed by atoms with van der Waals surface area (Å²) in [4.78, 5) is 34.3. The minimum absolute atomic E-state index is 0.0319. The van der Waals surface area contributed by atoms with E-state index >= 15 is 0 Å². The second kappa shape index (κ2) is 8.69. The number of amides is 2. The number of hydrogen-bond donors (Lipinski definition) is 1. The number of hydrogen-bond acceptors (Lipinski definition) is 2. The molecule has 0 radical (unpaired) electrons.